The average Bonchev–Trinajstić information content (AvgIpc) is 3.17. The van der Waals surface area contributed by atoms with Gasteiger partial charge < -0.3 is 4.74 Å². The summed E-state index contributed by atoms with van der Waals surface area (Å²) in [6.07, 6.45) is -1.05. The summed E-state index contributed by atoms with van der Waals surface area (Å²) in [5.74, 6) is -4.41. The number of amides is 3. The Morgan fingerprint density at radius 1 is 1.18 bits per heavy atom. The van der Waals surface area contributed by atoms with Crippen LogP contribution in [0.4, 0.5) is 13.6 Å². The lowest BCUT2D eigenvalue weighted by atomic mass is 9.96. The van der Waals surface area contributed by atoms with Crippen molar-refractivity contribution >= 4 is 17.9 Å². The first-order chi connectivity index (χ1) is 13.0. The summed E-state index contributed by atoms with van der Waals surface area (Å²) in [5, 5.41) is 0. The van der Waals surface area contributed by atoms with Crippen LogP contribution in [0.5, 0.6) is 0 Å². The van der Waals surface area contributed by atoms with Gasteiger partial charge in [-0.3, -0.25) is 19.4 Å². The minimum absolute atomic E-state index is 0.108. The van der Waals surface area contributed by atoms with Gasteiger partial charge in [0.2, 0.25) is 0 Å². The highest BCUT2D eigenvalue weighted by atomic mass is 19.3. The number of halogens is 2. The van der Waals surface area contributed by atoms with E-state index >= 15 is 0 Å². The molecule has 28 heavy (non-hydrogen) atoms. The Morgan fingerprint density at radius 3 is 2.29 bits per heavy atom. The molecule has 0 N–H and O–H groups in total. The third kappa shape index (κ3) is 2.86. The molecule has 1 aliphatic carbocycles. The molecular formula is C20H22F2N2O4. The largest absolute Gasteiger partial charge is 0.444 e. The second-order valence-corrected chi connectivity index (χ2v) is 8.70. The van der Waals surface area contributed by atoms with Crippen molar-refractivity contribution in [3.05, 3.63) is 35.4 Å². The fourth-order valence-electron chi connectivity index (χ4n) is 4.50. The van der Waals surface area contributed by atoms with Gasteiger partial charge in [-0.05, 0) is 45.2 Å². The van der Waals surface area contributed by atoms with E-state index in [0.29, 0.717) is 11.1 Å². The number of ether oxygens (including phenoxy) is 1. The first-order valence-electron chi connectivity index (χ1n) is 9.34. The topological polar surface area (TPSA) is 66.9 Å². The van der Waals surface area contributed by atoms with Crippen LogP contribution in [0.15, 0.2) is 24.3 Å². The summed E-state index contributed by atoms with van der Waals surface area (Å²) in [5.41, 5.74) is -0.247. The molecule has 8 heteroatoms. The van der Waals surface area contributed by atoms with E-state index in [2.05, 4.69) is 0 Å². The van der Waals surface area contributed by atoms with Crippen molar-refractivity contribution in [2.45, 2.75) is 57.2 Å². The Kier molecular flexibility index (Phi) is 4.03. The Hall–Kier alpha value is -2.51. The van der Waals surface area contributed by atoms with Gasteiger partial charge in [0.25, 0.3) is 17.7 Å². The number of imide groups is 1. The van der Waals surface area contributed by atoms with Gasteiger partial charge in [-0.2, -0.15) is 0 Å². The molecule has 1 aromatic carbocycles. The second kappa shape index (κ2) is 5.99. The van der Waals surface area contributed by atoms with Gasteiger partial charge in [-0.1, -0.05) is 12.1 Å². The molecule has 0 aromatic heterocycles. The number of hydrogen-bond acceptors (Lipinski definition) is 4. The first kappa shape index (κ1) is 18.8. The summed E-state index contributed by atoms with van der Waals surface area (Å²) < 4.78 is 34.0. The van der Waals surface area contributed by atoms with Gasteiger partial charge in [0, 0.05) is 6.42 Å². The minimum atomic E-state index is -3.00. The van der Waals surface area contributed by atoms with Crippen LogP contribution in [-0.2, 0) is 4.74 Å². The van der Waals surface area contributed by atoms with Crippen molar-refractivity contribution in [3.8, 4) is 0 Å². The van der Waals surface area contributed by atoms with E-state index in [4.69, 9.17) is 4.74 Å². The summed E-state index contributed by atoms with van der Waals surface area (Å²) in [4.78, 5) is 40.1. The predicted molar refractivity (Wildman–Crippen MR) is 95.1 cm³/mol. The van der Waals surface area contributed by atoms with Crippen molar-refractivity contribution in [3.63, 3.8) is 0 Å². The third-order valence-corrected chi connectivity index (χ3v) is 5.64. The fraction of sp³-hybridized carbons (Fsp3) is 0.550. The van der Waals surface area contributed by atoms with Crippen molar-refractivity contribution < 1.29 is 27.9 Å². The zero-order valence-electron chi connectivity index (χ0n) is 15.9. The molecule has 6 nitrogen and oxygen atoms in total. The third-order valence-electron chi connectivity index (χ3n) is 5.64. The standard InChI is InChI=1S/C20H22F2N2O4/c1-19(2,3)28-18(27)24-14(11-8-15(24)20(21,22)9-11)10-23-16(25)12-6-4-5-7-13(12)17(23)26/h4-7,11,14-15H,8-10H2,1-3H3/t11-,14-,15+/m0/s1. The van der Waals surface area contributed by atoms with E-state index in [0.717, 1.165) is 9.80 Å². The molecule has 1 aromatic rings. The molecule has 1 saturated carbocycles. The molecule has 0 unspecified atom stereocenters. The molecule has 3 amide bonds. The minimum Gasteiger partial charge on any atom is -0.444 e. The van der Waals surface area contributed by atoms with E-state index in [1.54, 1.807) is 45.0 Å². The predicted octanol–water partition coefficient (Wildman–Crippen LogP) is 3.32. The van der Waals surface area contributed by atoms with Crippen LogP contribution in [0.3, 0.4) is 0 Å². The van der Waals surface area contributed by atoms with Gasteiger partial charge in [-0.15, -0.1) is 0 Å². The SMILES string of the molecule is CC(C)(C)OC(=O)N1[C@@H](CN2C(=O)c3ccccc3C2=O)[C@H]2C[C@@H]1C(F)(F)C2. The van der Waals surface area contributed by atoms with Crippen LogP contribution in [0.2, 0.25) is 0 Å². The van der Waals surface area contributed by atoms with Crippen molar-refractivity contribution in [1.82, 2.24) is 9.80 Å². The highest BCUT2D eigenvalue weighted by Gasteiger charge is 2.63. The van der Waals surface area contributed by atoms with E-state index < -0.39 is 47.4 Å². The van der Waals surface area contributed by atoms with Crippen molar-refractivity contribution in [2.24, 2.45) is 5.92 Å². The zero-order chi connectivity index (χ0) is 20.4. The molecule has 2 aliphatic heterocycles. The molecule has 3 aliphatic rings. The van der Waals surface area contributed by atoms with Gasteiger partial charge in [0.15, 0.2) is 0 Å². The average molecular weight is 392 g/mol. The van der Waals surface area contributed by atoms with Crippen LogP contribution in [0.25, 0.3) is 0 Å². The number of alkyl halides is 2. The molecule has 3 atom stereocenters. The van der Waals surface area contributed by atoms with E-state index in [1.165, 1.54) is 0 Å². The van der Waals surface area contributed by atoms with Gasteiger partial charge in [0.1, 0.15) is 5.60 Å². The number of rotatable bonds is 2. The lowest BCUT2D eigenvalue weighted by Gasteiger charge is -2.40. The summed E-state index contributed by atoms with van der Waals surface area (Å²) in [6.45, 7) is 4.88. The van der Waals surface area contributed by atoms with Gasteiger partial charge in [0.05, 0.1) is 29.8 Å². The molecular weight excluding hydrogens is 370 g/mol. The quantitative estimate of drug-likeness (QED) is 0.725. The number of nitrogens with zero attached hydrogens (tertiary/aromatic N) is 2. The Morgan fingerprint density at radius 2 is 1.75 bits per heavy atom. The van der Waals surface area contributed by atoms with Gasteiger partial charge >= 0.3 is 6.09 Å². The molecule has 1 saturated heterocycles. The highest BCUT2D eigenvalue weighted by Crippen LogP contribution is 2.51. The van der Waals surface area contributed by atoms with E-state index in [-0.39, 0.29) is 19.4 Å². The Balaban J connectivity index is 1.61. The molecule has 2 bridgehead atoms. The van der Waals surface area contributed by atoms with Crippen LogP contribution in [-0.4, -0.2) is 57.9 Å². The zero-order valence-corrected chi connectivity index (χ0v) is 15.9. The maximum absolute atomic E-state index is 14.3. The van der Waals surface area contributed by atoms with Gasteiger partial charge in [-0.25, -0.2) is 13.6 Å². The maximum atomic E-state index is 14.3. The van der Waals surface area contributed by atoms with Crippen LogP contribution < -0.4 is 0 Å². The van der Waals surface area contributed by atoms with Crippen LogP contribution in [0, 0.1) is 5.92 Å². The van der Waals surface area contributed by atoms with Crippen LogP contribution in [0.1, 0.15) is 54.3 Å². The molecule has 0 radical (unpaired) electrons. The smallest absolute Gasteiger partial charge is 0.411 e. The molecule has 150 valence electrons. The molecule has 2 fully saturated rings. The molecule has 4 rings (SSSR count). The first-order valence-corrected chi connectivity index (χ1v) is 9.34. The number of hydrogen-bond donors (Lipinski definition) is 0. The summed E-state index contributed by atoms with van der Waals surface area (Å²) >= 11 is 0. The molecule has 0 spiro atoms. The molecule has 2 heterocycles. The normalized spacial score (nSPS) is 28.1. The Labute approximate surface area is 161 Å². The number of piperidine rings is 1. The highest BCUT2D eigenvalue weighted by molar-refractivity contribution is 6.21. The number of carbonyl (C=O) groups excluding carboxylic acids is 3. The van der Waals surface area contributed by atoms with Crippen molar-refractivity contribution in [2.75, 3.05) is 6.54 Å². The maximum Gasteiger partial charge on any atom is 0.411 e. The van der Waals surface area contributed by atoms with E-state index in [9.17, 15) is 23.2 Å². The number of benzene rings is 1. The number of fused-ring (bicyclic) bond motifs is 3. The fourth-order valence-corrected chi connectivity index (χ4v) is 4.50. The second-order valence-electron chi connectivity index (χ2n) is 8.70. The summed E-state index contributed by atoms with van der Waals surface area (Å²) in [7, 11) is 0. The van der Waals surface area contributed by atoms with Crippen molar-refractivity contribution in [1.29, 1.82) is 0 Å². The van der Waals surface area contributed by atoms with Crippen LogP contribution >= 0.6 is 0 Å². The summed E-state index contributed by atoms with van der Waals surface area (Å²) in [6, 6.07) is 4.51. The van der Waals surface area contributed by atoms with E-state index in [1.807, 2.05) is 0 Å². The lowest BCUT2D eigenvalue weighted by Crippen LogP contribution is -2.57. The lowest BCUT2D eigenvalue weighted by molar-refractivity contribution is -0.0962. The number of carbonyl (C=O) groups is 3. The number of likely N-dealkylation sites (tertiary alicyclic amines) is 1. The monoisotopic (exact) mass is 392 g/mol. The Bertz CT molecular complexity index is 829.